The minimum Gasteiger partial charge on any atom is -0.402 e. The smallest absolute Gasteiger partial charge is 0.229 e. The van der Waals surface area contributed by atoms with Crippen molar-refractivity contribution >= 4 is 34.9 Å². The van der Waals surface area contributed by atoms with Crippen molar-refractivity contribution < 1.29 is 0 Å². The van der Waals surface area contributed by atoms with Crippen LogP contribution in [0.3, 0.4) is 0 Å². The number of anilines is 2. The lowest BCUT2D eigenvalue weighted by Gasteiger charge is -2.33. The summed E-state index contributed by atoms with van der Waals surface area (Å²) >= 11 is 6.21. The Morgan fingerprint density at radius 2 is 1.88 bits per heavy atom. The lowest BCUT2D eigenvalue weighted by molar-refractivity contribution is 0.203. The first kappa shape index (κ1) is 22.6. The molecule has 0 atom stereocenters. The summed E-state index contributed by atoms with van der Waals surface area (Å²) in [7, 11) is 0. The summed E-state index contributed by atoms with van der Waals surface area (Å²) < 4.78 is 0. The lowest BCUT2D eigenvalue weighted by Crippen LogP contribution is -2.34. The zero-order valence-corrected chi connectivity index (χ0v) is 19.8. The molecule has 2 heterocycles. The van der Waals surface area contributed by atoms with E-state index in [1.807, 2.05) is 0 Å². The van der Waals surface area contributed by atoms with E-state index in [4.69, 9.17) is 23.1 Å². The number of aliphatic imine (C=N–C) groups is 1. The monoisotopic (exact) mass is 453 g/mol. The maximum Gasteiger partial charge on any atom is 0.229 e. The summed E-state index contributed by atoms with van der Waals surface area (Å²) in [6.45, 7) is 8.48. The molecule has 5 N–H and O–H groups in total. The van der Waals surface area contributed by atoms with Gasteiger partial charge in [-0.3, -0.25) is 0 Å². The fourth-order valence-electron chi connectivity index (χ4n) is 4.43. The minimum absolute atomic E-state index is 0.237. The first-order valence-corrected chi connectivity index (χ1v) is 11.6. The topological polar surface area (TPSA) is 105 Å². The van der Waals surface area contributed by atoms with E-state index in [1.54, 1.807) is 13.0 Å². The number of hydrogen-bond donors (Lipinski definition) is 3. The Morgan fingerprint density at radius 1 is 1.16 bits per heavy atom. The highest BCUT2D eigenvalue weighted by Gasteiger charge is 2.32. The summed E-state index contributed by atoms with van der Waals surface area (Å²) in [6, 6.07) is 5.37. The Kier molecular flexibility index (Phi) is 6.67. The van der Waals surface area contributed by atoms with Crippen molar-refractivity contribution in [3.63, 3.8) is 0 Å². The number of allylic oxidation sites excluding steroid dienone is 1. The van der Waals surface area contributed by atoms with Crippen LogP contribution < -0.4 is 16.8 Å². The van der Waals surface area contributed by atoms with E-state index in [0.717, 1.165) is 11.7 Å². The van der Waals surface area contributed by atoms with Crippen LogP contribution >= 0.6 is 11.6 Å². The first-order valence-electron chi connectivity index (χ1n) is 11.2. The quantitative estimate of drug-likeness (QED) is 0.433. The van der Waals surface area contributed by atoms with Gasteiger partial charge in [0.25, 0.3) is 0 Å². The molecule has 0 spiro atoms. The van der Waals surface area contributed by atoms with Crippen LogP contribution in [0.15, 0.2) is 35.1 Å². The lowest BCUT2D eigenvalue weighted by atomic mass is 9.85. The molecule has 32 heavy (non-hydrogen) atoms. The number of nitrogens with one attached hydrogen (secondary N) is 1. The van der Waals surface area contributed by atoms with Crippen LogP contribution in [0.2, 0.25) is 5.02 Å². The van der Waals surface area contributed by atoms with Gasteiger partial charge in [0.1, 0.15) is 10.9 Å². The van der Waals surface area contributed by atoms with Gasteiger partial charge in [0, 0.05) is 17.4 Å². The normalized spacial score (nSPS) is 18.8. The summed E-state index contributed by atoms with van der Waals surface area (Å²) in [4.78, 5) is 15.7. The van der Waals surface area contributed by atoms with Crippen molar-refractivity contribution in [1.82, 2.24) is 14.9 Å². The van der Waals surface area contributed by atoms with Crippen molar-refractivity contribution in [2.24, 2.45) is 16.5 Å². The average Bonchev–Trinajstić information content (AvgIpc) is 3.58. The van der Waals surface area contributed by atoms with Crippen molar-refractivity contribution in [3.05, 3.63) is 51.8 Å². The molecule has 0 unspecified atom stereocenters. The van der Waals surface area contributed by atoms with E-state index in [2.05, 4.69) is 51.2 Å². The van der Waals surface area contributed by atoms with Crippen LogP contribution in [0, 0.1) is 13.8 Å². The molecule has 170 valence electrons. The third-order valence-corrected chi connectivity index (χ3v) is 6.49. The second kappa shape index (κ2) is 9.46. The van der Waals surface area contributed by atoms with E-state index in [9.17, 15) is 0 Å². The minimum atomic E-state index is 0.237. The number of rotatable bonds is 6. The molecule has 2 aromatic rings. The van der Waals surface area contributed by atoms with Gasteiger partial charge in [-0.05, 0) is 94.3 Å². The fraction of sp³-hybridized carbons (Fsp3) is 0.458. The Balaban J connectivity index is 1.51. The molecule has 1 saturated carbocycles. The number of hydrogen-bond acceptors (Lipinski definition) is 6. The fourth-order valence-corrected chi connectivity index (χ4v) is 4.57. The second-order valence-corrected chi connectivity index (χ2v) is 9.39. The number of aromatic nitrogens is 2. The van der Waals surface area contributed by atoms with Gasteiger partial charge in [0.05, 0.1) is 6.20 Å². The van der Waals surface area contributed by atoms with Gasteiger partial charge in [-0.2, -0.15) is 4.98 Å². The molecule has 1 aliphatic carbocycles. The Hall–Kier alpha value is -2.64. The van der Waals surface area contributed by atoms with Crippen LogP contribution in [0.4, 0.5) is 17.5 Å². The number of piperidine rings is 1. The molecule has 4 rings (SSSR count). The summed E-state index contributed by atoms with van der Waals surface area (Å²) in [5.74, 6) is 1.59. The SMILES string of the molecule is C/C(N)=C/C(N)=Nc1nc(Nc2cc(C)c(C3CCN(C4CC4)CC3)cc2C)ncc1Cl. The van der Waals surface area contributed by atoms with Gasteiger partial charge in [-0.1, -0.05) is 17.7 Å². The molecular formula is C24H32ClN7. The predicted molar refractivity (Wildman–Crippen MR) is 132 cm³/mol. The molecule has 2 aliphatic rings. The standard InChI is InChI=1S/C24H32ClN7/c1-14-11-21(15(2)10-19(14)17-6-8-32(9-7-17)18-4-5-18)29-24-28-13-20(25)23(31-24)30-22(27)12-16(3)26/h10-13,17-18H,4-9,26H2,1-3H3,(H3,27,28,29,30,31)/b16-12-. The van der Waals surface area contributed by atoms with Gasteiger partial charge >= 0.3 is 0 Å². The van der Waals surface area contributed by atoms with Crippen LogP contribution in [0.25, 0.3) is 0 Å². The van der Waals surface area contributed by atoms with Crippen LogP contribution in [0.1, 0.15) is 55.2 Å². The van der Waals surface area contributed by atoms with Gasteiger partial charge in [0.15, 0.2) is 5.82 Å². The molecule has 1 aromatic carbocycles. The molecule has 0 bridgehead atoms. The van der Waals surface area contributed by atoms with Crippen molar-refractivity contribution in [1.29, 1.82) is 0 Å². The molecule has 1 saturated heterocycles. The number of nitrogens with zero attached hydrogens (tertiary/aromatic N) is 4. The van der Waals surface area contributed by atoms with E-state index in [0.29, 0.717) is 28.4 Å². The highest BCUT2D eigenvalue weighted by atomic mass is 35.5. The highest BCUT2D eigenvalue weighted by Crippen LogP contribution is 2.37. The Morgan fingerprint density at radius 3 is 2.53 bits per heavy atom. The predicted octanol–water partition coefficient (Wildman–Crippen LogP) is 4.68. The number of halogens is 1. The van der Waals surface area contributed by atoms with Crippen molar-refractivity contribution in [2.75, 3.05) is 18.4 Å². The summed E-state index contributed by atoms with van der Waals surface area (Å²) in [5.41, 5.74) is 17.0. The van der Waals surface area contributed by atoms with E-state index >= 15 is 0 Å². The van der Waals surface area contributed by atoms with Crippen LogP contribution in [0.5, 0.6) is 0 Å². The maximum absolute atomic E-state index is 6.21. The highest BCUT2D eigenvalue weighted by molar-refractivity contribution is 6.32. The van der Waals surface area contributed by atoms with E-state index < -0.39 is 0 Å². The Bertz CT molecular complexity index is 1050. The number of likely N-dealkylation sites (tertiary alicyclic amines) is 1. The Labute approximate surface area is 195 Å². The molecule has 0 amide bonds. The zero-order valence-electron chi connectivity index (χ0n) is 19.0. The molecular weight excluding hydrogens is 422 g/mol. The van der Waals surface area contributed by atoms with Gasteiger partial charge in [-0.15, -0.1) is 0 Å². The summed E-state index contributed by atoms with van der Waals surface area (Å²) in [6.07, 6.45) is 8.34. The first-order chi connectivity index (χ1) is 15.3. The maximum atomic E-state index is 6.21. The number of aryl methyl sites for hydroxylation is 2. The molecule has 8 heteroatoms. The summed E-state index contributed by atoms with van der Waals surface area (Å²) in [5, 5.41) is 3.64. The van der Waals surface area contributed by atoms with E-state index in [1.165, 1.54) is 61.7 Å². The van der Waals surface area contributed by atoms with Crippen molar-refractivity contribution in [2.45, 2.75) is 58.4 Å². The number of benzene rings is 1. The molecule has 2 fully saturated rings. The number of amidine groups is 1. The average molecular weight is 454 g/mol. The van der Waals surface area contributed by atoms with Crippen LogP contribution in [-0.4, -0.2) is 39.8 Å². The van der Waals surface area contributed by atoms with Gasteiger partial charge < -0.3 is 21.7 Å². The third-order valence-electron chi connectivity index (χ3n) is 6.23. The largest absolute Gasteiger partial charge is 0.402 e. The third kappa shape index (κ3) is 5.40. The van der Waals surface area contributed by atoms with Gasteiger partial charge in [-0.25, -0.2) is 9.98 Å². The van der Waals surface area contributed by atoms with Gasteiger partial charge in [0.2, 0.25) is 5.95 Å². The molecule has 1 aromatic heterocycles. The molecule has 1 aliphatic heterocycles. The molecule has 7 nitrogen and oxygen atoms in total. The molecule has 0 radical (unpaired) electrons. The van der Waals surface area contributed by atoms with Crippen LogP contribution in [-0.2, 0) is 0 Å². The van der Waals surface area contributed by atoms with Crippen molar-refractivity contribution in [3.8, 4) is 0 Å². The second-order valence-electron chi connectivity index (χ2n) is 8.98. The zero-order chi connectivity index (χ0) is 22.8. The number of nitrogens with two attached hydrogens (primary N) is 2. The van der Waals surface area contributed by atoms with E-state index in [-0.39, 0.29) is 5.84 Å².